The Morgan fingerprint density at radius 1 is 1.08 bits per heavy atom. The van der Waals surface area contributed by atoms with Crippen molar-refractivity contribution in [2.24, 2.45) is 0 Å². The topological polar surface area (TPSA) is 41.6 Å². The summed E-state index contributed by atoms with van der Waals surface area (Å²) in [5.74, 6) is -0.0407. The second-order valence-corrected chi connectivity index (χ2v) is 6.70. The molecule has 1 unspecified atom stereocenters. The Morgan fingerprint density at radius 2 is 1.76 bits per heavy atom. The zero-order chi connectivity index (χ0) is 17.8. The van der Waals surface area contributed by atoms with Crippen molar-refractivity contribution in [3.05, 3.63) is 64.7 Å². The van der Waals surface area contributed by atoms with Gasteiger partial charge in [0.05, 0.1) is 19.3 Å². The Bertz CT molecular complexity index is 734. The zero-order valence-corrected chi connectivity index (χ0v) is 15.2. The molecule has 0 spiro atoms. The number of carbonyl (C=O) groups is 1. The third-order valence-electron chi connectivity index (χ3n) is 4.75. The number of hydrogen-bond acceptors (Lipinski definition) is 3. The maximum absolute atomic E-state index is 12.5. The van der Waals surface area contributed by atoms with Gasteiger partial charge in [0.1, 0.15) is 0 Å². The molecule has 2 aromatic carbocycles. The van der Waals surface area contributed by atoms with Gasteiger partial charge in [0.15, 0.2) is 0 Å². The van der Waals surface area contributed by atoms with Gasteiger partial charge in [-0.3, -0.25) is 4.79 Å². The number of aryl methyl sites for hydroxylation is 2. The smallest absolute Gasteiger partial charge is 0.251 e. The Balaban J connectivity index is 1.66. The van der Waals surface area contributed by atoms with Gasteiger partial charge in [0.2, 0.25) is 0 Å². The molecule has 1 amide bonds. The first-order valence-electron chi connectivity index (χ1n) is 8.85. The van der Waals surface area contributed by atoms with Gasteiger partial charge in [0.25, 0.3) is 5.91 Å². The summed E-state index contributed by atoms with van der Waals surface area (Å²) in [6, 6.07) is 14.1. The Morgan fingerprint density at radius 3 is 2.40 bits per heavy atom. The number of morpholine rings is 1. The first-order chi connectivity index (χ1) is 12.0. The van der Waals surface area contributed by atoms with E-state index in [-0.39, 0.29) is 11.9 Å². The largest absolute Gasteiger partial charge is 0.378 e. The van der Waals surface area contributed by atoms with Crippen LogP contribution >= 0.6 is 0 Å². The molecule has 3 rings (SSSR count). The van der Waals surface area contributed by atoms with E-state index in [1.807, 2.05) is 31.2 Å². The summed E-state index contributed by atoms with van der Waals surface area (Å²) in [5, 5.41) is 3.10. The minimum absolute atomic E-state index is 0.0213. The van der Waals surface area contributed by atoms with Gasteiger partial charge in [-0.1, -0.05) is 23.8 Å². The van der Waals surface area contributed by atoms with E-state index in [0.717, 1.165) is 37.6 Å². The van der Waals surface area contributed by atoms with Crippen LogP contribution in [0.4, 0.5) is 5.69 Å². The zero-order valence-electron chi connectivity index (χ0n) is 15.2. The molecule has 0 radical (unpaired) electrons. The molecule has 132 valence electrons. The van der Waals surface area contributed by atoms with Crippen molar-refractivity contribution in [1.82, 2.24) is 5.32 Å². The fraction of sp³-hybridized carbons (Fsp3) is 0.381. The number of anilines is 1. The normalized spacial score (nSPS) is 15.7. The van der Waals surface area contributed by atoms with Gasteiger partial charge in [-0.25, -0.2) is 0 Å². The van der Waals surface area contributed by atoms with E-state index in [0.29, 0.717) is 5.56 Å². The molecule has 1 saturated heterocycles. The average Bonchev–Trinajstić information content (AvgIpc) is 2.62. The predicted octanol–water partition coefficient (Wildman–Crippen LogP) is 3.63. The maximum Gasteiger partial charge on any atom is 0.251 e. The van der Waals surface area contributed by atoms with Gasteiger partial charge in [-0.05, 0) is 56.2 Å². The lowest BCUT2D eigenvalue weighted by Gasteiger charge is -2.28. The van der Waals surface area contributed by atoms with Crippen LogP contribution in [-0.4, -0.2) is 32.2 Å². The van der Waals surface area contributed by atoms with E-state index in [1.54, 1.807) is 0 Å². The summed E-state index contributed by atoms with van der Waals surface area (Å²) in [7, 11) is 0. The van der Waals surface area contributed by atoms with Gasteiger partial charge in [0, 0.05) is 24.3 Å². The summed E-state index contributed by atoms with van der Waals surface area (Å²) in [6.07, 6.45) is 0. The molecule has 4 nitrogen and oxygen atoms in total. The molecule has 0 saturated carbocycles. The van der Waals surface area contributed by atoms with Crippen LogP contribution in [0.3, 0.4) is 0 Å². The molecule has 1 aliphatic rings. The highest BCUT2D eigenvalue weighted by Gasteiger charge is 2.15. The molecule has 0 aromatic heterocycles. The van der Waals surface area contributed by atoms with Gasteiger partial charge in [-0.15, -0.1) is 0 Å². The quantitative estimate of drug-likeness (QED) is 0.925. The number of amides is 1. The SMILES string of the molecule is Cc1ccc(C(C)NC(=O)c2ccc(N3CCOCC3)cc2)c(C)c1. The van der Waals surface area contributed by atoms with Crippen LogP contribution < -0.4 is 10.2 Å². The number of hydrogen-bond donors (Lipinski definition) is 1. The molecular formula is C21H26N2O2. The molecule has 2 aromatic rings. The number of carbonyl (C=O) groups excluding carboxylic acids is 1. The number of nitrogens with zero attached hydrogens (tertiary/aromatic N) is 1. The molecule has 0 aliphatic carbocycles. The molecule has 0 bridgehead atoms. The standard InChI is InChI=1S/C21H26N2O2/c1-15-4-9-20(16(2)14-15)17(3)22-21(24)18-5-7-19(8-6-18)23-10-12-25-13-11-23/h4-9,14,17H,10-13H2,1-3H3,(H,22,24). The van der Waals surface area contributed by atoms with E-state index in [1.165, 1.54) is 11.1 Å². The van der Waals surface area contributed by atoms with E-state index >= 15 is 0 Å². The second kappa shape index (κ2) is 7.70. The van der Waals surface area contributed by atoms with Crippen LogP contribution in [0.5, 0.6) is 0 Å². The molecule has 4 heteroatoms. The summed E-state index contributed by atoms with van der Waals surface area (Å²) >= 11 is 0. The lowest BCUT2D eigenvalue weighted by molar-refractivity contribution is 0.0939. The molecule has 1 heterocycles. The van der Waals surface area contributed by atoms with Crippen LogP contribution in [0, 0.1) is 13.8 Å². The first-order valence-corrected chi connectivity index (χ1v) is 8.85. The molecule has 1 N–H and O–H groups in total. The predicted molar refractivity (Wildman–Crippen MR) is 101 cm³/mol. The summed E-state index contributed by atoms with van der Waals surface area (Å²) in [5.41, 5.74) is 5.42. The number of ether oxygens (including phenoxy) is 1. The van der Waals surface area contributed by atoms with E-state index in [9.17, 15) is 4.79 Å². The Hall–Kier alpha value is -2.33. The van der Waals surface area contributed by atoms with Crippen LogP contribution in [0.1, 0.15) is 40.0 Å². The highest BCUT2D eigenvalue weighted by molar-refractivity contribution is 5.94. The van der Waals surface area contributed by atoms with Crippen LogP contribution in [0.25, 0.3) is 0 Å². The lowest BCUT2D eigenvalue weighted by atomic mass is 10.00. The van der Waals surface area contributed by atoms with Crippen molar-refractivity contribution in [1.29, 1.82) is 0 Å². The summed E-state index contributed by atoms with van der Waals surface area (Å²) in [6.45, 7) is 9.51. The molecule has 1 fully saturated rings. The van der Waals surface area contributed by atoms with Crippen molar-refractivity contribution in [3.63, 3.8) is 0 Å². The minimum Gasteiger partial charge on any atom is -0.378 e. The third kappa shape index (κ3) is 4.20. The highest BCUT2D eigenvalue weighted by Crippen LogP contribution is 2.20. The van der Waals surface area contributed by atoms with E-state index in [2.05, 4.69) is 42.3 Å². The van der Waals surface area contributed by atoms with Crippen molar-refractivity contribution in [2.45, 2.75) is 26.8 Å². The summed E-state index contributed by atoms with van der Waals surface area (Å²) in [4.78, 5) is 14.8. The van der Waals surface area contributed by atoms with Gasteiger partial charge in [-0.2, -0.15) is 0 Å². The molecular weight excluding hydrogens is 312 g/mol. The van der Waals surface area contributed by atoms with Gasteiger partial charge < -0.3 is 15.0 Å². The van der Waals surface area contributed by atoms with E-state index in [4.69, 9.17) is 4.74 Å². The third-order valence-corrected chi connectivity index (χ3v) is 4.75. The van der Waals surface area contributed by atoms with E-state index < -0.39 is 0 Å². The van der Waals surface area contributed by atoms with Crippen LogP contribution in [0.15, 0.2) is 42.5 Å². The second-order valence-electron chi connectivity index (χ2n) is 6.70. The van der Waals surface area contributed by atoms with Crippen molar-refractivity contribution in [2.75, 3.05) is 31.2 Å². The molecule has 1 atom stereocenters. The molecule has 25 heavy (non-hydrogen) atoms. The molecule has 1 aliphatic heterocycles. The average molecular weight is 338 g/mol. The fourth-order valence-electron chi connectivity index (χ4n) is 3.31. The number of rotatable bonds is 4. The number of benzene rings is 2. The van der Waals surface area contributed by atoms with Crippen LogP contribution in [-0.2, 0) is 4.74 Å². The lowest BCUT2D eigenvalue weighted by Crippen LogP contribution is -2.36. The number of nitrogens with one attached hydrogen (secondary N) is 1. The Kier molecular flexibility index (Phi) is 5.39. The van der Waals surface area contributed by atoms with Crippen LogP contribution in [0.2, 0.25) is 0 Å². The monoisotopic (exact) mass is 338 g/mol. The highest BCUT2D eigenvalue weighted by atomic mass is 16.5. The fourth-order valence-corrected chi connectivity index (χ4v) is 3.31. The maximum atomic E-state index is 12.5. The van der Waals surface area contributed by atoms with Crippen molar-refractivity contribution >= 4 is 11.6 Å². The minimum atomic E-state index is -0.0407. The van der Waals surface area contributed by atoms with Crippen molar-refractivity contribution < 1.29 is 9.53 Å². The van der Waals surface area contributed by atoms with Gasteiger partial charge >= 0.3 is 0 Å². The first kappa shape index (κ1) is 17.5. The Labute approximate surface area is 149 Å². The van der Waals surface area contributed by atoms with Crippen molar-refractivity contribution in [3.8, 4) is 0 Å². The summed E-state index contributed by atoms with van der Waals surface area (Å²) < 4.78 is 5.38.